The van der Waals surface area contributed by atoms with Crippen LogP contribution in [0.25, 0.3) is 11.3 Å². The van der Waals surface area contributed by atoms with E-state index in [1.165, 1.54) is 17.7 Å². The molecule has 3 N–H and O–H groups in total. The van der Waals surface area contributed by atoms with Gasteiger partial charge in [0.2, 0.25) is 5.91 Å². The molecule has 1 aliphatic rings. The summed E-state index contributed by atoms with van der Waals surface area (Å²) in [5, 5.41) is 20.5. The molecule has 0 radical (unpaired) electrons. The Morgan fingerprint density at radius 3 is 2.63 bits per heavy atom. The monoisotopic (exact) mass is 404 g/mol. The number of carbonyl (C=O) groups excluding carboxylic acids is 2. The van der Waals surface area contributed by atoms with Crippen molar-refractivity contribution >= 4 is 17.6 Å². The zero-order valence-electron chi connectivity index (χ0n) is 17.0. The van der Waals surface area contributed by atoms with Crippen LogP contribution >= 0.6 is 0 Å². The number of phenols is 1. The Kier molecular flexibility index (Phi) is 5.27. The summed E-state index contributed by atoms with van der Waals surface area (Å²) in [6, 6.07) is 14.4. The van der Waals surface area contributed by atoms with Gasteiger partial charge in [-0.05, 0) is 43.5 Å². The van der Waals surface area contributed by atoms with Crippen molar-refractivity contribution in [1.82, 2.24) is 15.1 Å². The number of hydrogen-bond donors (Lipinski definition) is 3. The number of aromatic hydroxyl groups is 1. The number of phenolic OH excluding ortho intramolecular Hbond substituents is 1. The molecule has 154 valence electrons. The number of nitrogens with zero attached hydrogens (tertiary/aromatic N) is 2. The highest BCUT2D eigenvalue weighted by molar-refractivity contribution is 5.89. The summed E-state index contributed by atoms with van der Waals surface area (Å²) in [4.78, 5) is 24.1. The van der Waals surface area contributed by atoms with E-state index in [4.69, 9.17) is 0 Å². The highest BCUT2D eigenvalue weighted by atomic mass is 16.3. The fraction of sp³-hybridized carbons (Fsp3) is 0.261. The maximum Gasteiger partial charge on any atom is 0.342 e. The standard InChI is InChI=1S/C23H24N4O3/c1-14-4-3-5-16(10-14)13-24-23(30)27-21(17-6-7-17)12-20(26-27)19-9-8-18(11-22(19)29)25-15(2)28/h3-5,8-12,17,29H,6-7,13H2,1-2H3,(H,24,30)(H,25,28). The maximum absolute atomic E-state index is 12.8. The third kappa shape index (κ3) is 4.35. The first-order valence-corrected chi connectivity index (χ1v) is 9.95. The minimum absolute atomic E-state index is 0.00610. The highest BCUT2D eigenvalue weighted by Gasteiger charge is 2.30. The molecule has 2 aromatic carbocycles. The Morgan fingerprint density at radius 2 is 1.97 bits per heavy atom. The molecular formula is C23H24N4O3. The summed E-state index contributed by atoms with van der Waals surface area (Å²) in [5.74, 6) is 0.0814. The summed E-state index contributed by atoms with van der Waals surface area (Å²) in [6.45, 7) is 3.83. The lowest BCUT2D eigenvalue weighted by molar-refractivity contribution is -0.114. The van der Waals surface area contributed by atoms with Gasteiger partial charge in [0.05, 0.1) is 11.4 Å². The van der Waals surface area contributed by atoms with Crippen LogP contribution in [0.1, 0.15) is 42.5 Å². The van der Waals surface area contributed by atoms with Gasteiger partial charge in [-0.15, -0.1) is 0 Å². The number of carbonyl (C=O) groups is 2. The molecule has 3 aromatic rings. The first kappa shape index (κ1) is 19.7. The summed E-state index contributed by atoms with van der Waals surface area (Å²) in [6.07, 6.45) is 2.04. The van der Waals surface area contributed by atoms with E-state index in [9.17, 15) is 14.7 Å². The number of aryl methyl sites for hydroxylation is 1. The lowest BCUT2D eigenvalue weighted by atomic mass is 10.1. The molecule has 1 heterocycles. The lowest BCUT2D eigenvalue weighted by Crippen LogP contribution is -2.30. The van der Waals surface area contributed by atoms with E-state index in [1.54, 1.807) is 12.1 Å². The van der Waals surface area contributed by atoms with Crippen molar-refractivity contribution in [1.29, 1.82) is 0 Å². The average Bonchev–Trinajstić information content (AvgIpc) is 3.45. The molecule has 1 saturated carbocycles. The van der Waals surface area contributed by atoms with Gasteiger partial charge in [0, 0.05) is 36.7 Å². The van der Waals surface area contributed by atoms with Crippen LogP contribution in [-0.2, 0) is 11.3 Å². The molecule has 2 amide bonds. The molecule has 1 aliphatic carbocycles. The summed E-state index contributed by atoms with van der Waals surface area (Å²) in [5.41, 5.74) is 4.54. The molecule has 0 atom stereocenters. The molecule has 0 bridgehead atoms. The van der Waals surface area contributed by atoms with Crippen LogP contribution < -0.4 is 10.6 Å². The van der Waals surface area contributed by atoms with Crippen LogP contribution in [0.15, 0.2) is 48.5 Å². The Bertz CT molecular complexity index is 1120. The van der Waals surface area contributed by atoms with Crippen molar-refractivity contribution in [2.75, 3.05) is 5.32 Å². The molecule has 30 heavy (non-hydrogen) atoms. The van der Waals surface area contributed by atoms with E-state index in [0.29, 0.717) is 29.4 Å². The highest BCUT2D eigenvalue weighted by Crippen LogP contribution is 2.42. The second-order valence-electron chi connectivity index (χ2n) is 7.70. The predicted molar refractivity (Wildman–Crippen MR) is 114 cm³/mol. The second-order valence-corrected chi connectivity index (χ2v) is 7.70. The van der Waals surface area contributed by atoms with Gasteiger partial charge in [-0.2, -0.15) is 9.78 Å². The van der Waals surface area contributed by atoms with Gasteiger partial charge >= 0.3 is 6.03 Å². The number of hydrogen-bond acceptors (Lipinski definition) is 4. The lowest BCUT2D eigenvalue weighted by Gasteiger charge is -2.08. The molecule has 4 rings (SSSR count). The molecule has 7 heteroatoms. The quantitative estimate of drug-likeness (QED) is 0.595. The van der Waals surface area contributed by atoms with Crippen LogP contribution in [0.5, 0.6) is 5.75 Å². The van der Waals surface area contributed by atoms with Gasteiger partial charge < -0.3 is 15.7 Å². The van der Waals surface area contributed by atoms with Crippen molar-refractivity contribution in [3.63, 3.8) is 0 Å². The van der Waals surface area contributed by atoms with Crippen molar-refractivity contribution in [3.8, 4) is 17.0 Å². The first-order valence-electron chi connectivity index (χ1n) is 9.95. The third-order valence-electron chi connectivity index (χ3n) is 5.05. The van der Waals surface area contributed by atoms with Gasteiger partial charge in [-0.1, -0.05) is 29.8 Å². The molecular weight excluding hydrogens is 380 g/mol. The van der Waals surface area contributed by atoms with Crippen molar-refractivity contribution < 1.29 is 14.7 Å². The molecule has 1 fully saturated rings. The third-order valence-corrected chi connectivity index (χ3v) is 5.05. The van der Waals surface area contributed by atoms with Crippen LogP contribution in [-0.4, -0.2) is 26.8 Å². The van der Waals surface area contributed by atoms with Crippen molar-refractivity contribution in [2.24, 2.45) is 0 Å². The number of aromatic nitrogens is 2. The minimum Gasteiger partial charge on any atom is -0.507 e. The van der Waals surface area contributed by atoms with Gasteiger partial charge in [0.15, 0.2) is 0 Å². The summed E-state index contributed by atoms with van der Waals surface area (Å²) >= 11 is 0. The predicted octanol–water partition coefficient (Wildman–Crippen LogP) is 4.16. The number of anilines is 1. The molecule has 0 unspecified atom stereocenters. The van der Waals surface area contributed by atoms with Crippen LogP contribution in [0.4, 0.5) is 10.5 Å². The van der Waals surface area contributed by atoms with Crippen molar-refractivity contribution in [2.45, 2.75) is 39.2 Å². The average molecular weight is 404 g/mol. The molecule has 0 aliphatic heterocycles. The first-order chi connectivity index (χ1) is 14.4. The number of amides is 2. The Labute approximate surface area is 174 Å². The topological polar surface area (TPSA) is 96.3 Å². The van der Waals surface area contributed by atoms with E-state index in [1.807, 2.05) is 37.3 Å². The minimum atomic E-state index is -0.293. The number of nitrogens with one attached hydrogen (secondary N) is 2. The zero-order chi connectivity index (χ0) is 21.3. The summed E-state index contributed by atoms with van der Waals surface area (Å²) in [7, 11) is 0. The smallest absolute Gasteiger partial charge is 0.342 e. The Hall–Kier alpha value is -3.61. The van der Waals surface area contributed by atoms with Gasteiger partial charge in [-0.25, -0.2) is 4.79 Å². The Morgan fingerprint density at radius 1 is 1.17 bits per heavy atom. The van der Waals surface area contributed by atoms with E-state index in [2.05, 4.69) is 15.7 Å². The van der Waals surface area contributed by atoms with Gasteiger partial charge in [-0.3, -0.25) is 4.79 Å². The molecule has 1 aromatic heterocycles. The molecule has 0 saturated heterocycles. The second kappa shape index (κ2) is 8.02. The van der Waals surface area contributed by atoms with Crippen LogP contribution in [0.2, 0.25) is 0 Å². The fourth-order valence-corrected chi connectivity index (χ4v) is 3.46. The van der Waals surface area contributed by atoms with Crippen LogP contribution in [0.3, 0.4) is 0 Å². The molecule has 0 spiro atoms. The number of benzene rings is 2. The molecule has 7 nitrogen and oxygen atoms in total. The van der Waals surface area contributed by atoms with Gasteiger partial charge in [0.1, 0.15) is 5.75 Å². The maximum atomic E-state index is 12.8. The van der Waals surface area contributed by atoms with Gasteiger partial charge in [0.25, 0.3) is 0 Å². The van der Waals surface area contributed by atoms with E-state index < -0.39 is 0 Å². The fourth-order valence-electron chi connectivity index (χ4n) is 3.46. The van der Waals surface area contributed by atoms with Crippen molar-refractivity contribution in [3.05, 3.63) is 65.4 Å². The normalized spacial score (nSPS) is 13.1. The van der Waals surface area contributed by atoms with E-state index in [0.717, 1.165) is 29.7 Å². The summed E-state index contributed by atoms with van der Waals surface area (Å²) < 4.78 is 1.41. The zero-order valence-corrected chi connectivity index (χ0v) is 17.0. The number of rotatable bonds is 5. The van der Waals surface area contributed by atoms with E-state index >= 15 is 0 Å². The largest absolute Gasteiger partial charge is 0.507 e. The Balaban J connectivity index is 1.57. The van der Waals surface area contributed by atoms with Crippen LogP contribution in [0, 0.1) is 6.92 Å². The van der Waals surface area contributed by atoms with E-state index in [-0.39, 0.29) is 17.7 Å². The SMILES string of the molecule is CC(=O)Nc1ccc(-c2cc(C3CC3)n(C(=O)NCc3cccc(C)c3)n2)c(O)c1.